The Labute approximate surface area is 248 Å². The van der Waals surface area contributed by atoms with Gasteiger partial charge < -0.3 is 13.8 Å². The average molecular weight is 572 g/mol. The molecule has 5 rings (SSSR count). The first-order valence-electron chi connectivity index (χ1n) is 12.7. The molecule has 0 bridgehead atoms. The third kappa shape index (κ3) is 8.33. The molecule has 0 spiro atoms. The van der Waals surface area contributed by atoms with Crippen LogP contribution in [0, 0.1) is 0 Å². The van der Waals surface area contributed by atoms with Crippen LogP contribution in [0.15, 0.2) is 140 Å². The zero-order valence-electron chi connectivity index (χ0n) is 22.7. The van der Waals surface area contributed by atoms with Crippen LogP contribution < -0.4 is 30.3 Å². The van der Waals surface area contributed by atoms with Gasteiger partial charge in [0, 0.05) is 44.1 Å². The maximum absolute atomic E-state index is 12.9. The number of carbonyl (C=O) groups excluding carboxylic acids is 1. The van der Waals surface area contributed by atoms with Crippen LogP contribution in [0.25, 0.3) is 0 Å². The summed E-state index contributed by atoms with van der Waals surface area (Å²) in [6.07, 6.45) is 0. The molecule has 0 aromatic heterocycles. The predicted octanol–water partition coefficient (Wildman–Crippen LogP) is 5.96. The summed E-state index contributed by atoms with van der Waals surface area (Å²) in [6.45, 7) is 2.07. The Morgan fingerprint density at radius 2 is 0.854 bits per heavy atom. The average Bonchev–Trinajstić information content (AvgIpc) is 3.00. The van der Waals surface area contributed by atoms with Gasteiger partial charge in [-0.05, 0) is 19.1 Å². The second-order valence-electron chi connectivity index (χ2n) is 8.53. The number of carbonyl (C=O) groups is 1. The van der Waals surface area contributed by atoms with Crippen molar-refractivity contribution >= 4 is 60.3 Å². The number of benzene rings is 5. The fraction of sp³-hybridized carbons (Fsp3) is 0.0606. The summed E-state index contributed by atoms with van der Waals surface area (Å²) in [6, 6.07) is 45.9. The zero-order chi connectivity index (χ0) is 26.9. The van der Waals surface area contributed by atoms with Crippen molar-refractivity contribution in [1.29, 1.82) is 0 Å². The van der Waals surface area contributed by atoms with E-state index in [4.69, 9.17) is 13.8 Å². The van der Waals surface area contributed by atoms with Gasteiger partial charge in [-0.3, -0.25) is 0 Å². The van der Waals surface area contributed by atoms with Gasteiger partial charge in [0.2, 0.25) is 0 Å². The van der Waals surface area contributed by atoms with Crippen LogP contribution in [-0.4, -0.2) is 29.4 Å². The van der Waals surface area contributed by atoms with Crippen molar-refractivity contribution in [2.75, 3.05) is 6.61 Å². The van der Waals surface area contributed by atoms with E-state index in [1.54, 1.807) is 19.1 Å². The summed E-state index contributed by atoms with van der Waals surface area (Å²) >= 11 is 0. The molecule has 0 atom stereocenters. The van der Waals surface area contributed by atoms with Gasteiger partial charge in [-0.2, -0.15) is 0 Å². The Hall–Kier alpha value is -3.84. The van der Waals surface area contributed by atoms with Crippen molar-refractivity contribution in [1.82, 2.24) is 0 Å². The second-order valence-corrected chi connectivity index (χ2v) is 12.1. The number of hydrogen-bond donors (Lipinski definition) is 0. The summed E-state index contributed by atoms with van der Waals surface area (Å²) in [5.41, 5.74) is 0.386. The molecule has 200 valence electrons. The predicted molar refractivity (Wildman–Crippen MR) is 173 cm³/mol. The summed E-state index contributed by atoms with van der Waals surface area (Å²) in [5, 5.41) is 4.27. The lowest BCUT2D eigenvalue weighted by molar-refractivity contribution is 0.0526. The molecular weight excluding hydrogens is 544 g/mol. The van der Waals surface area contributed by atoms with E-state index in [0.717, 1.165) is 21.2 Å². The Bertz CT molecular complexity index is 1310. The molecule has 0 saturated carbocycles. The molecule has 0 aliphatic carbocycles. The molecule has 6 radical (unpaired) electrons. The molecule has 5 aromatic rings. The first-order valence-corrected chi connectivity index (χ1v) is 15.2. The van der Waals surface area contributed by atoms with E-state index in [1.165, 1.54) is 0 Å². The van der Waals surface area contributed by atoms with Gasteiger partial charge >= 0.3 is 5.97 Å². The molecular formula is C33H28B2O4P2. The molecule has 41 heavy (non-hydrogen) atoms. The number of esters is 1. The van der Waals surface area contributed by atoms with Crippen molar-refractivity contribution < 1.29 is 18.6 Å². The molecule has 0 heterocycles. The Balaban J connectivity index is 0.00000231. The second kappa shape index (κ2) is 15.8. The fourth-order valence-corrected chi connectivity index (χ4v) is 7.40. The van der Waals surface area contributed by atoms with Gasteiger partial charge in [-0.15, -0.1) is 0 Å². The molecule has 0 saturated heterocycles. The van der Waals surface area contributed by atoms with Crippen molar-refractivity contribution in [3.05, 3.63) is 145 Å². The minimum absolute atomic E-state index is 0. The molecule has 8 heteroatoms. The van der Waals surface area contributed by atoms with Gasteiger partial charge in [0.15, 0.2) is 16.3 Å². The molecule has 0 fully saturated rings. The van der Waals surface area contributed by atoms with Crippen LogP contribution in [-0.2, 0) is 4.74 Å². The zero-order valence-corrected chi connectivity index (χ0v) is 24.5. The number of rotatable bonds is 10. The Morgan fingerprint density at radius 1 is 0.537 bits per heavy atom. The third-order valence-corrected chi connectivity index (χ3v) is 9.60. The first kappa shape index (κ1) is 31.7. The Kier molecular flexibility index (Phi) is 12.2. The van der Waals surface area contributed by atoms with E-state index in [0.29, 0.717) is 17.1 Å². The van der Waals surface area contributed by atoms with Crippen LogP contribution in [0.5, 0.6) is 11.5 Å². The molecule has 0 aliphatic rings. The lowest BCUT2D eigenvalue weighted by Crippen LogP contribution is -2.16. The normalized spacial score (nSPS) is 10.3. The van der Waals surface area contributed by atoms with E-state index < -0.39 is 22.3 Å². The largest absolute Gasteiger partial charge is 0.464 e. The lowest BCUT2D eigenvalue weighted by atomic mass is 10.2. The highest BCUT2D eigenvalue weighted by atomic mass is 31.1. The summed E-state index contributed by atoms with van der Waals surface area (Å²) < 4.78 is 18.7. The number of ether oxygens (including phenoxy) is 1. The number of hydrogen-bond acceptors (Lipinski definition) is 4. The van der Waals surface area contributed by atoms with Crippen molar-refractivity contribution in [2.24, 2.45) is 0 Å². The molecule has 0 N–H and O–H groups in total. The van der Waals surface area contributed by atoms with Gasteiger partial charge in [-0.1, -0.05) is 121 Å². The summed E-state index contributed by atoms with van der Waals surface area (Å²) in [5.74, 6) is 0.677. The maximum Gasteiger partial charge on any atom is 0.338 e. The minimum atomic E-state index is -1.19. The summed E-state index contributed by atoms with van der Waals surface area (Å²) in [7, 11) is -2.38. The van der Waals surface area contributed by atoms with Gasteiger partial charge in [0.05, 0.1) is 12.2 Å². The van der Waals surface area contributed by atoms with Gasteiger partial charge in [-0.25, -0.2) is 4.79 Å². The van der Waals surface area contributed by atoms with Crippen LogP contribution in [0.2, 0.25) is 0 Å². The SMILES string of the molecule is CCOC(=O)c1cc(OP(c2ccccc2)c2ccccc2)cc(OP(c2ccccc2)c2ccccc2)c1.[B].[B]. The van der Waals surface area contributed by atoms with Crippen LogP contribution in [0.1, 0.15) is 17.3 Å². The van der Waals surface area contributed by atoms with E-state index >= 15 is 0 Å². The van der Waals surface area contributed by atoms with E-state index in [1.807, 2.05) is 78.9 Å². The summed E-state index contributed by atoms with van der Waals surface area (Å²) in [4.78, 5) is 12.9. The quantitative estimate of drug-likeness (QED) is 0.118. The maximum atomic E-state index is 12.9. The highest BCUT2D eigenvalue weighted by Crippen LogP contribution is 2.42. The van der Waals surface area contributed by atoms with E-state index in [-0.39, 0.29) is 23.4 Å². The topological polar surface area (TPSA) is 44.8 Å². The van der Waals surface area contributed by atoms with Crippen molar-refractivity contribution in [2.45, 2.75) is 6.92 Å². The highest BCUT2D eigenvalue weighted by molar-refractivity contribution is 7.69. The smallest absolute Gasteiger partial charge is 0.338 e. The Morgan fingerprint density at radius 3 is 1.15 bits per heavy atom. The molecule has 4 nitrogen and oxygen atoms in total. The van der Waals surface area contributed by atoms with E-state index in [9.17, 15) is 4.79 Å². The van der Waals surface area contributed by atoms with Crippen LogP contribution in [0.4, 0.5) is 0 Å². The van der Waals surface area contributed by atoms with Crippen molar-refractivity contribution in [3.63, 3.8) is 0 Å². The lowest BCUT2D eigenvalue weighted by Gasteiger charge is -2.22. The first-order chi connectivity index (χ1) is 19.2. The molecule has 0 unspecified atom stereocenters. The minimum Gasteiger partial charge on any atom is -0.464 e. The van der Waals surface area contributed by atoms with Crippen molar-refractivity contribution in [3.8, 4) is 11.5 Å². The highest BCUT2D eigenvalue weighted by Gasteiger charge is 2.22. The third-order valence-electron chi connectivity index (χ3n) is 5.75. The van der Waals surface area contributed by atoms with Crippen LogP contribution in [0.3, 0.4) is 0 Å². The molecule has 5 aromatic carbocycles. The molecule has 0 amide bonds. The molecule has 0 aliphatic heterocycles. The van der Waals surface area contributed by atoms with Crippen LogP contribution >= 0.6 is 16.3 Å². The van der Waals surface area contributed by atoms with Gasteiger partial charge in [0.1, 0.15) is 11.5 Å². The fourth-order valence-electron chi connectivity index (χ4n) is 3.98. The monoisotopic (exact) mass is 572 g/mol. The standard InChI is InChI=1S/C33H28O4P2.2B/c1-2-35-33(34)26-23-27(36-38(29-15-7-3-8-16-29)30-17-9-4-10-18-30)25-28(24-26)37-39(31-19-11-5-12-20-31)32-21-13-6-14-22-32;;/h3-25H,2H2,1H3;;. The van der Waals surface area contributed by atoms with Gasteiger partial charge in [0.25, 0.3) is 0 Å². The van der Waals surface area contributed by atoms with E-state index in [2.05, 4.69) is 48.5 Å².